The Hall–Kier alpha value is -0.0700. The van der Waals surface area contributed by atoms with Crippen LogP contribution in [-0.2, 0) is 0 Å². The first-order valence-electron chi connectivity index (χ1n) is 4.55. The molecule has 0 aromatic heterocycles. The summed E-state index contributed by atoms with van der Waals surface area (Å²) < 4.78 is 13.5. The molecule has 0 heterocycles. The molecule has 0 aromatic rings. The van der Waals surface area contributed by atoms with E-state index in [4.69, 9.17) is 0 Å². The largest absolute Gasteiger partial charge is 0.244 e. The molecule has 0 bridgehead atoms. The average molecular weight is 158 g/mol. The molecule has 0 radical (unpaired) electrons. The van der Waals surface area contributed by atoms with Crippen molar-refractivity contribution < 1.29 is 4.39 Å². The van der Waals surface area contributed by atoms with Gasteiger partial charge >= 0.3 is 0 Å². The molecule has 0 aromatic carbocycles. The fourth-order valence-corrected chi connectivity index (χ4v) is 2.06. The number of halogens is 1. The summed E-state index contributed by atoms with van der Waals surface area (Å²) in [6.07, 6.45) is 2.55. The quantitative estimate of drug-likeness (QED) is 0.547. The van der Waals surface area contributed by atoms with E-state index in [0.29, 0.717) is 5.92 Å². The van der Waals surface area contributed by atoms with Crippen molar-refractivity contribution >= 4 is 0 Å². The van der Waals surface area contributed by atoms with E-state index in [-0.39, 0.29) is 5.41 Å². The van der Waals surface area contributed by atoms with Crippen LogP contribution in [0.3, 0.4) is 0 Å². The maximum atomic E-state index is 13.5. The third-order valence-corrected chi connectivity index (χ3v) is 3.38. The van der Waals surface area contributed by atoms with Crippen LogP contribution in [0.4, 0.5) is 4.39 Å². The summed E-state index contributed by atoms with van der Waals surface area (Å²) in [5.41, 5.74) is -0.636. The molecule has 1 aliphatic rings. The number of rotatable bonds is 1. The van der Waals surface area contributed by atoms with Gasteiger partial charge in [-0.25, -0.2) is 4.39 Å². The minimum Gasteiger partial charge on any atom is -0.244 e. The second kappa shape index (κ2) is 2.46. The van der Waals surface area contributed by atoms with Crippen molar-refractivity contribution in [3.63, 3.8) is 0 Å². The van der Waals surface area contributed by atoms with Gasteiger partial charge in [-0.3, -0.25) is 0 Å². The Labute approximate surface area is 69.2 Å². The summed E-state index contributed by atoms with van der Waals surface area (Å²) in [4.78, 5) is 0. The summed E-state index contributed by atoms with van der Waals surface area (Å²) in [6, 6.07) is 0. The van der Waals surface area contributed by atoms with Gasteiger partial charge in [0, 0.05) is 0 Å². The van der Waals surface area contributed by atoms with Gasteiger partial charge in [-0.15, -0.1) is 0 Å². The molecule has 0 spiro atoms. The van der Waals surface area contributed by atoms with Crippen molar-refractivity contribution in [2.75, 3.05) is 0 Å². The third kappa shape index (κ3) is 1.74. The first-order valence-corrected chi connectivity index (χ1v) is 4.55. The van der Waals surface area contributed by atoms with E-state index in [1.54, 1.807) is 6.92 Å². The number of alkyl halides is 1. The lowest BCUT2D eigenvalue weighted by Crippen LogP contribution is -2.23. The van der Waals surface area contributed by atoms with Crippen molar-refractivity contribution in [1.82, 2.24) is 0 Å². The highest BCUT2D eigenvalue weighted by atomic mass is 19.1. The van der Waals surface area contributed by atoms with Gasteiger partial charge < -0.3 is 0 Å². The smallest absolute Gasteiger partial charge is 0.108 e. The molecular formula is C10H19F. The van der Waals surface area contributed by atoms with Crippen molar-refractivity contribution in [3.8, 4) is 0 Å². The van der Waals surface area contributed by atoms with Gasteiger partial charge in [-0.05, 0) is 37.5 Å². The number of hydrogen-bond donors (Lipinski definition) is 0. The van der Waals surface area contributed by atoms with Crippen LogP contribution in [0.2, 0.25) is 0 Å². The van der Waals surface area contributed by atoms with E-state index in [1.807, 2.05) is 0 Å². The van der Waals surface area contributed by atoms with Crippen LogP contribution in [0, 0.1) is 11.3 Å². The second-order valence-corrected chi connectivity index (χ2v) is 4.90. The molecule has 1 heteroatoms. The molecule has 11 heavy (non-hydrogen) atoms. The molecule has 2 atom stereocenters. The lowest BCUT2D eigenvalue weighted by atomic mass is 9.77. The highest BCUT2D eigenvalue weighted by Crippen LogP contribution is 2.49. The monoisotopic (exact) mass is 158 g/mol. The Kier molecular flexibility index (Phi) is 2.02. The molecule has 0 aliphatic heterocycles. The zero-order valence-corrected chi connectivity index (χ0v) is 8.08. The molecule has 0 nitrogen and oxygen atoms in total. The lowest BCUT2D eigenvalue weighted by Gasteiger charge is -2.29. The predicted molar refractivity (Wildman–Crippen MR) is 46.3 cm³/mol. The molecule has 0 saturated heterocycles. The van der Waals surface area contributed by atoms with E-state index in [1.165, 1.54) is 0 Å². The Morgan fingerprint density at radius 3 is 1.91 bits per heavy atom. The van der Waals surface area contributed by atoms with Gasteiger partial charge in [0.15, 0.2) is 0 Å². The average Bonchev–Trinajstić information content (AvgIpc) is 2.08. The molecule has 1 fully saturated rings. The zero-order valence-electron chi connectivity index (χ0n) is 8.08. The van der Waals surface area contributed by atoms with E-state index in [2.05, 4.69) is 20.8 Å². The minimum absolute atomic E-state index is 0.253. The first kappa shape index (κ1) is 9.02. The van der Waals surface area contributed by atoms with E-state index in [9.17, 15) is 4.39 Å². The normalized spacial score (nSPS) is 45.3. The van der Waals surface area contributed by atoms with Gasteiger partial charge in [0.1, 0.15) is 5.67 Å². The van der Waals surface area contributed by atoms with Crippen LogP contribution in [0.15, 0.2) is 0 Å². The molecular weight excluding hydrogens is 139 g/mol. The van der Waals surface area contributed by atoms with Crippen LogP contribution >= 0.6 is 0 Å². The van der Waals surface area contributed by atoms with Crippen LogP contribution in [0.5, 0.6) is 0 Å². The van der Waals surface area contributed by atoms with Crippen molar-refractivity contribution in [2.45, 2.75) is 52.6 Å². The predicted octanol–water partition coefficient (Wildman–Crippen LogP) is 3.56. The van der Waals surface area contributed by atoms with Gasteiger partial charge in [-0.2, -0.15) is 0 Å². The SMILES string of the molecule is CC(C)C1(C)CCC(C)(F)C1. The van der Waals surface area contributed by atoms with E-state index in [0.717, 1.165) is 19.3 Å². The first-order chi connectivity index (χ1) is 4.86. The third-order valence-electron chi connectivity index (χ3n) is 3.38. The Bertz CT molecular complexity index is 149. The second-order valence-electron chi connectivity index (χ2n) is 4.90. The molecule has 1 aliphatic carbocycles. The molecule has 1 saturated carbocycles. The van der Waals surface area contributed by atoms with Crippen LogP contribution in [0.25, 0.3) is 0 Å². The van der Waals surface area contributed by atoms with Crippen molar-refractivity contribution in [1.29, 1.82) is 0 Å². The Balaban J connectivity index is 2.65. The Morgan fingerprint density at radius 2 is 1.73 bits per heavy atom. The van der Waals surface area contributed by atoms with E-state index < -0.39 is 5.67 Å². The fourth-order valence-electron chi connectivity index (χ4n) is 2.06. The van der Waals surface area contributed by atoms with Crippen molar-refractivity contribution in [2.24, 2.45) is 11.3 Å². The summed E-state index contributed by atoms with van der Waals surface area (Å²) in [6.45, 7) is 8.34. The van der Waals surface area contributed by atoms with Crippen LogP contribution in [-0.4, -0.2) is 5.67 Å². The lowest BCUT2D eigenvalue weighted by molar-refractivity contribution is 0.146. The summed E-state index contributed by atoms with van der Waals surface area (Å²) in [5.74, 6) is 0.611. The molecule has 1 rings (SSSR count). The topological polar surface area (TPSA) is 0 Å². The van der Waals surface area contributed by atoms with E-state index >= 15 is 0 Å². The summed E-state index contributed by atoms with van der Waals surface area (Å²) in [5, 5.41) is 0. The van der Waals surface area contributed by atoms with Crippen LogP contribution in [0.1, 0.15) is 47.0 Å². The molecule has 0 N–H and O–H groups in total. The molecule has 0 amide bonds. The minimum atomic E-state index is -0.890. The van der Waals surface area contributed by atoms with Crippen molar-refractivity contribution in [3.05, 3.63) is 0 Å². The summed E-state index contributed by atoms with van der Waals surface area (Å²) >= 11 is 0. The van der Waals surface area contributed by atoms with Gasteiger partial charge in [0.25, 0.3) is 0 Å². The van der Waals surface area contributed by atoms with Crippen LogP contribution < -0.4 is 0 Å². The van der Waals surface area contributed by atoms with Gasteiger partial charge in [-0.1, -0.05) is 20.8 Å². The summed E-state index contributed by atoms with van der Waals surface area (Å²) in [7, 11) is 0. The highest BCUT2D eigenvalue weighted by molar-refractivity contribution is 4.94. The fraction of sp³-hybridized carbons (Fsp3) is 1.00. The maximum Gasteiger partial charge on any atom is 0.108 e. The highest BCUT2D eigenvalue weighted by Gasteiger charge is 2.44. The standard InChI is InChI=1S/C10H19F/c1-8(2)9(3)5-6-10(4,11)7-9/h8H,5-7H2,1-4H3. The van der Waals surface area contributed by atoms with Gasteiger partial charge in [0.05, 0.1) is 0 Å². The maximum absolute atomic E-state index is 13.5. The molecule has 2 unspecified atom stereocenters. The zero-order chi connectivity index (χ0) is 8.70. The number of hydrogen-bond acceptors (Lipinski definition) is 0. The van der Waals surface area contributed by atoms with Gasteiger partial charge in [0.2, 0.25) is 0 Å². The Morgan fingerprint density at radius 1 is 1.18 bits per heavy atom. The molecule has 66 valence electrons.